The second-order valence-corrected chi connectivity index (χ2v) is 10.5. The van der Waals surface area contributed by atoms with E-state index in [2.05, 4.69) is 21.6 Å². The number of ether oxygens (including phenoxy) is 2. The lowest BCUT2D eigenvalue weighted by Crippen LogP contribution is -2.22. The van der Waals surface area contributed by atoms with Gasteiger partial charge in [0.2, 0.25) is 0 Å². The highest BCUT2D eigenvalue weighted by molar-refractivity contribution is 7.98. The van der Waals surface area contributed by atoms with Gasteiger partial charge in [-0.25, -0.2) is 9.59 Å². The highest BCUT2D eigenvalue weighted by atomic mass is 32.2. The van der Waals surface area contributed by atoms with Crippen molar-refractivity contribution in [1.29, 1.82) is 0 Å². The van der Waals surface area contributed by atoms with Crippen molar-refractivity contribution in [3.63, 3.8) is 0 Å². The predicted octanol–water partition coefficient (Wildman–Crippen LogP) is 5.10. The third-order valence-electron chi connectivity index (χ3n) is 6.32. The van der Waals surface area contributed by atoms with Crippen LogP contribution in [0.3, 0.4) is 0 Å². The first-order valence-electron chi connectivity index (χ1n) is 12.4. The summed E-state index contributed by atoms with van der Waals surface area (Å²) in [6.45, 7) is 3.32. The van der Waals surface area contributed by atoms with Crippen LogP contribution >= 0.6 is 23.1 Å². The average molecular weight is 563 g/mol. The molecule has 11 heteroatoms. The largest absolute Gasteiger partial charge is 0.462 e. The van der Waals surface area contributed by atoms with Crippen molar-refractivity contribution >= 4 is 45.9 Å². The Kier molecular flexibility index (Phi) is 7.80. The fourth-order valence-corrected chi connectivity index (χ4v) is 6.40. The normalized spacial score (nSPS) is 11.9. The van der Waals surface area contributed by atoms with Crippen LogP contribution in [0.25, 0.3) is 16.1 Å². The van der Waals surface area contributed by atoms with E-state index in [4.69, 9.17) is 9.47 Å². The van der Waals surface area contributed by atoms with Crippen molar-refractivity contribution in [2.75, 3.05) is 24.8 Å². The van der Waals surface area contributed by atoms with Gasteiger partial charge in [0.15, 0.2) is 11.8 Å². The molecule has 4 aromatic rings. The Morgan fingerprint density at radius 3 is 2.54 bits per heavy atom. The van der Waals surface area contributed by atoms with Gasteiger partial charge >= 0.3 is 11.9 Å². The third kappa shape index (κ3) is 5.32. The molecule has 1 aliphatic carbocycles. The lowest BCUT2D eigenvalue weighted by molar-refractivity contribution is -0.119. The lowest BCUT2D eigenvalue weighted by atomic mass is 9.89. The number of aryl methyl sites for hydroxylation is 2. The van der Waals surface area contributed by atoms with Gasteiger partial charge in [-0.15, -0.1) is 21.5 Å². The molecule has 2 aromatic heterocycles. The SMILES string of the molecule is CCOC(=O)c1c(NC(=O)COC(=O)c2ccc(-n3c(C)nnc3SC)cc2)sc2c1CCc1ccccc1-2. The predicted molar refractivity (Wildman–Crippen MR) is 150 cm³/mol. The summed E-state index contributed by atoms with van der Waals surface area (Å²) in [5, 5.41) is 12.1. The molecule has 0 saturated carbocycles. The Hall–Kier alpha value is -3.96. The van der Waals surface area contributed by atoms with Crippen LogP contribution in [0.15, 0.2) is 53.7 Å². The zero-order chi connectivity index (χ0) is 27.5. The number of carbonyl (C=O) groups is 3. The van der Waals surface area contributed by atoms with Crippen LogP contribution < -0.4 is 5.32 Å². The molecule has 0 unspecified atom stereocenters. The monoisotopic (exact) mass is 562 g/mol. The van der Waals surface area contributed by atoms with Gasteiger partial charge in [0.25, 0.3) is 5.91 Å². The smallest absolute Gasteiger partial charge is 0.341 e. The van der Waals surface area contributed by atoms with Crippen molar-refractivity contribution in [3.05, 3.63) is 76.6 Å². The van der Waals surface area contributed by atoms with Gasteiger partial charge in [-0.05, 0) is 73.9 Å². The molecule has 5 rings (SSSR count). The molecule has 0 bridgehead atoms. The minimum Gasteiger partial charge on any atom is -0.462 e. The zero-order valence-electron chi connectivity index (χ0n) is 21.6. The number of aromatic nitrogens is 3. The van der Waals surface area contributed by atoms with E-state index in [9.17, 15) is 14.4 Å². The van der Waals surface area contributed by atoms with Crippen LogP contribution in [0.5, 0.6) is 0 Å². The fraction of sp³-hybridized carbons (Fsp3) is 0.250. The first-order valence-corrected chi connectivity index (χ1v) is 14.4. The summed E-state index contributed by atoms with van der Waals surface area (Å²) in [7, 11) is 0. The molecule has 0 fully saturated rings. The first kappa shape index (κ1) is 26.6. The number of carbonyl (C=O) groups excluding carboxylic acids is 3. The maximum absolute atomic E-state index is 12.9. The molecule has 2 heterocycles. The molecular weight excluding hydrogens is 536 g/mol. The van der Waals surface area contributed by atoms with Crippen LogP contribution in [0, 0.1) is 6.92 Å². The summed E-state index contributed by atoms with van der Waals surface area (Å²) in [6.07, 6.45) is 3.38. The Bertz CT molecular complexity index is 1560. The van der Waals surface area contributed by atoms with E-state index in [0.717, 1.165) is 39.1 Å². The number of benzene rings is 2. The molecule has 0 radical (unpaired) electrons. The summed E-state index contributed by atoms with van der Waals surface area (Å²) in [5.74, 6) is -0.920. The van der Waals surface area contributed by atoms with E-state index in [1.807, 2.05) is 35.9 Å². The van der Waals surface area contributed by atoms with Gasteiger partial charge in [0.1, 0.15) is 10.8 Å². The maximum atomic E-state index is 12.9. The highest BCUT2D eigenvalue weighted by Gasteiger charge is 2.29. The molecule has 1 amide bonds. The Balaban J connectivity index is 1.29. The minimum atomic E-state index is -0.632. The zero-order valence-corrected chi connectivity index (χ0v) is 23.3. The minimum absolute atomic E-state index is 0.222. The molecule has 0 aliphatic heterocycles. The molecule has 200 valence electrons. The van der Waals surface area contributed by atoms with Crippen molar-refractivity contribution in [3.8, 4) is 16.1 Å². The summed E-state index contributed by atoms with van der Waals surface area (Å²) in [5.41, 5.74) is 4.61. The number of hydrogen-bond donors (Lipinski definition) is 1. The van der Waals surface area contributed by atoms with E-state index in [0.29, 0.717) is 22.5 Å². The van der Waals surface area contributed by atoms with Gasteiger partial charge in [0.05, 0.1) is 17.7 Å². The standard InChI is InChI=1S/C28H26N4O5S2/c1-4-36-27(35)23-21-14-11-17-7-5-6-8-20(17)24(21)39-25(23)29-22(33)15-37-26(34)18-9-12-19(13-10-18)32-16(2)30-31-28(32)38-3/h5-10,12-13H,4,11,14-15H2,1-3H3,(H,29,33). The highest BCUT2D eigenvalue weighted by Crippen LogP contribution is 2.45. The summed E-state index contributed by atoms with van der Waals surface area (Å²) >= 11 is 2.80. The van der Waals surface area contributed by atoms with Crippen LogP contribution in [0.4, 0.5) is 5.00 Å². The molecule has 0 saturated heterocycles. The van der Waals surface area contributed by atoms with E-state index >= 15 is 0 Å². The van der Waals surface area contributed by atoms with Crippen LogP contribution in [0.1, 0.15) is 44.6 Å². The molecule has 1 aliphatic rings. The second kappa shape index (κ2) is 11.4. The lowest BCUT2D eigenvalue weighted by Gasteiger charge is -2.16. The summed E-state index contributed by atoms with van der Waals surface area (Å²) in [4.78, 5) is 39.2. The van der Waals surface area contributed by atoms with Crippen LogP contribution in [-0.2, 0) is 27.1 Å². The Morgan fingerprint density at radius 2 is 1.79 bits per heavy atom. The summed E-state index contributed by atoms with van der Waals surface area (Å²) < 4.78 is 12.4. The topological polar surface area (TPSA) is 112 Å². The van der Waals surface area contributed by atoms with Crippen molar-refractivity contribution < 1.29 is 23.9 Å². The van der Waals surface area contributed by atoms with Crippen molar-refractivity contribution in [2.45, 2.75) is 31.8 Å². The molecule has 2 aromatic carbocycles. The number of nitrogens with zero attached hydrogens (tertiary/aromatic N) is 3. The molecule has 1 N–H and O–H groups in total. The third-order valence-corrected chi connectivity index (χ3v) is 8.13. The van der Waals surface area contributed by atoms with E-state index in [1.54, 1.807) is 31.2 Å². The number of fused-ring (bicyclic) bond motifs is 3. The quantitative estimate of drug-likeness (QED) is 0.233. The first-order chi connectivity index (χ1) is 18.9. The maximum Gasteiger partial charge on any atom is 0.341 e. The molecule has 9 nitrogen and oxygen atoms in total. The van der Waals surface area contributed by atoms with Crippen LogP contribution in [0.2, 0.25) is 0 Å². The molecular formula is C28H26N4O5S2. The fourth-order valence-electron chi connectivity index (χ4n) is 4.54. The van der Waals surface area contributed by atoms with E-state index in [-0.39, 0.29) is 6.61 Å². The van der Waals surface area contributed by atoms with Gasteiger partial charge < -0.3 is 14.8 Å². The number of hydrogen-bond acceptors (Lipinski definition) is 9. The van der Waals surface area contributed by atoms with Gasteiger partial charge in [-0.2, -0.15) is 0 Å². The molecule has 39 heavy (non-hydrogen) atoms. The number of anilines is 1. The molecule has 0 spiro atoms. The Morgan fingerprint density at radius 1 is 1.03 bits per heavy atom. The summed E-state index contributed by atoms with van der Waals surface area (Å²) in [6, 6.07) is 14.8. The van der Waals surface area contributed by atoms with E-state index < -0.39 is 24.5 Å². The number of amides is 1. The van der Waals surface area contributed by atoms with Gasteiger partial charge in [-0.3, -0.25) is 9.36 Å². The number of esters is 2. The van der Waals surface area contributed by atoms with Crippen molar-refractivity contribution in [2.24, 2.45) is 0 Å². The average Bonchev–Trinajstić information content (AvgIpc) is 3.51. The van der Waals surface area contributed by atoms with Crippen molar-refractivity contribution in [1.82, 2.24) is 14.8 Å². The number of thioether (sulfide) groups is 1. The van der Waals surface area contributed by atoms with E-state index in [1.165, 1.54) is 28.7 Å². The number of thiophene rings is 1. The van der Waals surface area contributed by atoms with Gasteiger partial charge in [-0.1, -0.05) is 36.0 Å². The second-order valence-electron chi connectivity index (χ2n) is 8.73. The number of rotatable bonds is 8. The van der Waals surface area contributed by atoms with Gasteiger partial charge in [0, 0.05) is 10.6 Å². The molecule has 0 atom stereocenters. The number of nitrogens with one attached hydrogen (secondary N) is 1. The van der Waals surface area contributed by atoms with Crippen LogP contribution in [-0.4, -0.2) is 52.1 Å². The Labute approximate surface area is 233 Å².